The van der Waals surface area contributed by atoms with Gasteiger partial charge >= 0.3 is 6.01 Å². The number of nitrogens with zero attached hydrogens (tertiary/aromatic N) is 7. The van der Waals surface area contributed by atoms with Crippen molar-refractivity contribution in [3.63, 3.8) is 0 Å². The predicted octanol–water partition coefficient (Wildman–Crippen LogP) is 3.77. The lowest BCUT2D eigenvalue weighted by Crippen LogP contribution is -2.44. The van der Waals surface area contributed by atoms with E-state index in [-0.39, 0.29) is 18.0 Å². The summed E-state index contributed by atoms with van der Waals surface area (Å²) in [6, 6.07) is 8.31. The summed E-state index contributed by atoms with van der Waals surface area (Å²) in [6.07, 6.45) is 5.82. The summed E-state index contributed by atoms with van der Waals surface area (Å²) in [6.45, 7) is 7.48. The van der Waals surface area contributed by atoms with Crippen LogP contribution in [0.25, 0.3) is 0 Å². The van der Waals surface area contributed by atoms with Crippen LogP contribution in [0.5, 0.6) is 6.01 Å². The van der Waals surface area contributed by atoms with E-state index in [1.165, 1.54) is 10.5 Å². The van der Waals surface area contributed by atoms with Gasteiger partial charge in [0.15, 0.2) is 5.69 Å². The van der Waals surface area contributed by atoms with Crippen molar-refractivity contribution >= 4 is 17.4 Å². The highest BCUT2D eigenvalue weighted by Crippen LogP contribution is 2.47. The molecule has 0 unspecified atom stereocenters. The molecular formula is C37H49FN8O4. The van der Waals surface area contributed by atoms with Gasteiger partial charge in [-0.05, 0) is 88.2 Å². The van der Waals surface area contributed by atoms with Crippen LogP contribution in [0.2, 0.25) is 0 Å². The van der Waals surface area contributed by atoms with E-state index in [1.807, 2.05) is 16.8 Å². The third kappa shape index (κ3) is 6.11. The van der Waals surface area contributed by atoms with Crippen molar-refractivity contribution in [2.45, 2.75) is 108 Å². The number of nitrogen functional groups attached to an aromatic ring is 1. The fraction of sp³-hybridized carbons (Fsp3) is 0.622. The van der Waals surface area contributed by atoms with Gasteiger partial charge in [0.1, 0.15) is 18.6 Å². The molecule has 1 spiro atoms. The molecule has 50 heavy (non-hydrogen) atoms. The SMILES string of the molecule is CN(CC(C)(C)O)C(=O)c1cc2n(n1)CCCN(c1nc(OC[C@@]34CCCN3C[C@H](F)C4)nc3c1CO[C@@]1(CCCc4ccc(N)cc41)C3)C2. The van der Waals surface area contributed by atoms with E-state index in [0.717, 1.165) is 85.6 Å². The van der Waals surface area contributed by atoms with Gasteiger partial charge in [-0.15, -0.1) is 0 Å². The first-order valence-corrected chi connectivity index (χ1v) is 18.1. The summed E-state index contributed by atoms with van der Waals surface area (Å²) in [4.78, 5) is 29.4. The highest BCUT2D eigenvalue weighted by atomic mass is 19.1. The number of hydrogen-bond donors (Lipinski definition) is 2. The molecule has 1 amide bonds. The number of anilines is 2. The Labute approximate surface area is 292 Å². The van der Waals surface area contributed by atoms with E-state index >= 15 is 0 Å². The number of fused-ring (bicyclic) bond motifs is 5. The van der Waals surface area contributed by atoms with Gasteiger partial charge in [0.2, 0.25) is 0 Å². The fourth-order valence-electron chi connectivity index (χ4n) is 9.16. The first-order chi connectivity index (χ1) is 23.9. The molecule has 12 nitrogen and oxygen atoms in total. The smallest absolute Gasteiger partial charge is 0.318 e. The summed E-state index contributed by atoms with van der Waals surface area (Å²) >= 11 is 0. The van der Waals surface area contributed by atoms with Crippen LogP contribution in [-0.4, -0.2) is 97.7 Å². The molecular weight excluding hydrogens is 639 g/mol. The lowest BCUT2D eigenvalue weighted by molar-refractivity contribution is -0.0855. The molecule has 2 fully saturated rings. The Balaban J connectivity index is 1.13. The van der Waals surface area contributed by atoms with E-state index in [4.69, 9.17) is 25.2 Å². The van der Waals surface area contributed by atoms with Crippen LogP contribution < -0.4 is 15.4 Å². The maximum absolute atomic E-state index is 14.6. The highest BCUT2D eigenvalue weighted by molar-refractivity contribution is 5.92. The van der Waals surface area contributed by atoms with E-state index in [9.17, 15) is 14.3 Å². The van der Waals surface area contributed by atoms with Crippen LogP contribution in [0.3, 0.4) is 0 Å². The number of ether oxygens (including phenoxy) is 2. The number of carbonyl (C=O) groups is 1. The minimum absolute atomic E-state index is 0.194. The number of halogens is 1. The second-order valence-electron chi connectivity index (χ2n) is 15.8. The number of amides is 1. The minimum Gasteiger partial charge on any atom is -0.461 e. The Kier molecular flexibility index (Phi) is 8.30. The molecule has 3 N–H and O–H groups in total. The first kappa shape index (κ1) is 33.3. The summed E-state index contributed by atoms with van der Waals surface area (Å²) in [5, 5.41) is 15.0. The van der Waals surface area contributed by atoms with E-state index < -0.39 is 17.4 Å². The van der Waals surface area contributed by atoms with Crippen LogP contribution in [0, 0.1) is 0 Å². The van der Waals surface area contributed by atoms with Gasteiger partial charge in [0, 0.05) is 57.3 Å². The maximum Gasteiger partial charge on any atom is 0.318 e. The molecule has 5 aliphatic rings. The molecule has 2 saturated heterocycles. The highest BCUT2D eigenvalue weighted by Gasteiger charge is 2.50. The van der Waals surface area contributed by atoms with Crippen molar-refractivity contribution in [2.24, 2.45) is 0 Å². The molecule has 1 aromatic carbocycles. The van der Waals surface area contributed by atoms with Crippen molar-refractivity contribution < 1.29 is 23.8 Å². The zero-order chi connectivity index (χ0) is 34.8. The second-order valence-corrected chi connectivity index (χ2v) is 15.8. The molecule has 13 heteroatoms. The normalized spacial score (nSPS) is 26.3. The summed E-state index contributed by atoms with van der Waals surface area (Å²) in [5.74, 6) is 0.532. The van der Waals surface area contributed by atoms with Crippen molar-refractivity contribution in [3.05, 3.63) is 58.0 Å². The van der Waals surface area contributed by atoms with Gasteiger partial charge < -0.3 is 30.1 Å². The quantitative estimate of drug-likeness (QED) is 0.354. The van der Waals surface area contributed by atoms with Crippen molar-refractivity contribution in [3.8, 4) is 6.01 Å². The molecule has 1 aliphatic carbocycles. The average Bonchev–Trinajstić information content (AvgIpc) is 3.69. The molecule has 8 rings (SSSR count). The molecule has 0 saturated carbocycles. The molecule has 4 aliphatic heterocycles. The topological polar surface area (TPSA) is 135 Å². The zero-order valence-corrected chi connectivity index (χ0v) is 29.5. The summed E-state index contributed by atoms with van der Waals surface area (Å²) in [5.41, 5.74) is 10.7. The number of aromatic nitrogens is 4. The Bertz CT molecular complexity index is 1790. The largest absolute Gasteiger partial charge is 0.461 e. The van der Waals surface area contributed by atoms with Crippen LogP contribution in [0.15, 0.2) is 24.3 Å². The van der Waals surface area contributed by atoms with E-state index in [2.05, 4.69) is 27.0 Å². The van der Waals surface area contributed by atoms with Gasteiger partial charge in [-0.25, -0.2) is 4.39 Å². The lowest BCUT2D eigenvalue weighted by Gasteiger charge is -2.43. The number of rotatable bonds is 7. The molecule has 6 heterocycles. The summed E-state index contributed by atoms with van der Waals surface area (Å²) < 4.78 is 29.9. The Morgan fingerprint density at radius 2 is 2.04 bits per heavy atom. The zero-order valence-electron chi connectivity index (χ0n) is 29.5. The van der Waals surface area contributed by atoms with Crippen LogP contribution in [0.4, 0.5) is 15.9 Å². The molecule has 3 atom stereocenters. The molecule has 3 aromatic rings. The van der Waals surface area contributed by atoms with E-state index in [0.29, 0.717) is 57.4 Å². The Hall–Kier alpha value is -3.81. The Morgan fingerprint density at radius 3 is 2.88 bits per heavy atom. The van der Waals surface area contributed by atoms with Crippen LogP contribution in [0.1, 0.15) is 90.9 Å². The first-order valence-electron chi connectivity index (χ1n) is 18.1. The number of nitrogens with two attached hydrogens (primary N) is 1. The second kappa shape index (κ2) is 12.4. The lowest BCUT2D eigenvalue weighted by atomic mass is 9.74. The number of aryl methyl sites for hydroxylation is 2. The molecule has 0 radical (unpaired) electrons. The third-order valence-electron chi connectivity index (χ3n) is 11.4. The number of aliphatic hydroxyl groups is 1. The molecule has 268 valence electrons. The summed E-state index contributed by atoms with van der Waals surface area (Å²) in [7, 11) is 1.68. The average molecular weight is 689 g/mol. The predicted molar refractivity (Wildman–Crippen MR) is 186 cm³/mol. The maximum atomic E-state index is 14.6. The van der Waals surface area contributed by atoms with Crippen LogP contribution in [-0.2, 0) is 42.9 Å². The van der Waals surface area contributed by atoms with Gasteiger partial charge in [0.05, 0.1) is 41.3 Å². The van der Waals surface area contributed by atoms with Crippen molar-refractivity contribution in [1.29, 1.82) is 0 Å². The monoisotopic (exact) mass is 688 g/mol. The number of carbonyl (C=O) groups excluding carboxylic acids is 1. The number of alkyl halides is 1. The van der Waals surface area contributed by atoms with Gasteiger partial charge in [-0.2, -0.15) is 15.1 Å². The number of benzene rings is 1. The molecule has 0 bridgehead atoms. The fourth-order valence-corrected chi connectivity index (χ4v) is 9.16. The number of likely N-dealkylation sites (N-methyl/N-ethyl adjacent to an activating group) is 1. The van der Waals surface area contributed by atoms with E-state index in [1.54, 1.807) is 20.9 Å². The number of hydrogen-bond acceptors (Lipinski definition) is 10. The van der Waals surface area contributed by atoms with Gasteiger partial charge in [-0.3, -0.25) is 14.4 Å². The third-order valence-corrected chi connectivity index (χ3v) is 11.4. The minimum atomic E-state index is -1.02. The Morgan fingerprint density at radius 1 is 1.18 bits per heavy atom. The standard InChI is InChI=1S/C37H49FN8O4/c1-35(2,48)22-43(3)33(47)30-16-27-20-44(12-6-14-46(27)42-30)32-28-21-50-37(11-4-7-24-8-9-26(39)15-29(24)37)18-31(28)40-34(41-32)49-23-36-10-5-13-45(36)19-25(38)17-36/h8-9,15-16,25,48H,4-7,10-14,17-23,39H2,1-3H3/t25-,36+,37+/m1/s1. The van der Waals surface area contributed by atoms with Gasteiger partial charge in [0.25, 0.3) is 5.91 Å². The van der Waals surface area contributed by atoms with Gasteiger partial charge in [-0.1, -0.05) is 6.07 Å². The molecule has 2 aromatic heterocycles. The van der Waals surface area contributed by atoms with Crippen molar-refractivity contribution in [1.82, 2.24) is 29.5 Å². The van der Waals surface area contributed by atoms with Crippen LogP contribution >= 0.6 is 0 Å². The van der Waals surface area contributed by atoms with Crippen molar-refractivity contribution in [2.75, 3.05) is 50.5 Å².